The van der Waals surface area contributed by atoms with Crippen LogP contribution in [0.1, 0.15) is 5.01 Å². The Morgan fingerprint density at radius 1 is 1.46 bits per heavy atom. The Bertz CT molecular complexity index is 378. The van der Waals surface area contributed by atoms with Crippen LogP contribution in [-0.4, -0.2) is 22.3 Å². The minimum atomic E-state index is 0.485. The van der Waals surface area contributed by atoms with Crippen molar-refractivity contribution in [1.29, 1.82) is 0 Å². The highest BCUT2D eigenvalue weighted by atomic mass is 32.1. The van der Waals surface area contributed by atoms with E-state index in [2.05, 4.69) is 4.98 Å². The molecule has 2 rings (SSSR count). The smallest absolute Gasteiger partial charge is 0.110 e. The number of hydrogen-bond acceptors (Lipinski definition) is 4. The second-order valence-corrected chi connectivity index (χ2v) is 4.01. The number of nitrogens with zero attached hydrogens (tertiary/aromatic N) is 2. The van der Waals surface area contributed by atoms with Crippen LogP contribution in [0, 0.1) is 0 Å². The lowest BCUT2D eigenvalue weighted by Crippen LogP contribution is -2.11. The molecule has 2 aromatic rings. The topological polar surface area (TPSA) is 36.4 Å². The van der Waals surface area contributed by atoms with E-state index in [-0.39, 0.29) is 0 Å². The molecule has 0 radical (unpaired) electrons. The van der Waals surface area contributed by atoms with Crippen LogP contribution in [0.2, 0.25) is 0 Å². The first-order valence-electron chi connectivity index (χ1n) is 4.00. The van der Waals surface area contributed by atoms with E-state index in [1.807, 2.05) is 24.3 Å². The molecular formula is C9H10N2OS. The first kappa shape index (κ1) is 8.62. The van der Waals surface area contributed by atoms with Crippen molar-refractivity contribution in [3.8, 4) is 0 Å². The lowest BCUT2D eigenvalue weighted by atomic mass is 10.3. The predicted octanol–water partition coefficient (Wildman–Crippen LogP) is 2.12. The molecule has 0 spiro atoms. The lowest BCUT2D eigenvalue weighted by Gasteiger charge is -2.02. The molecule has 0 unspecified atom stereocenters. The highest BCUT2D eigenvalue weighted by Crippen LogP contribution is 2.21. The van der Waals surface area contributed by atoms with Crippen LogP contribution in [0.5, 0.6) is 0 Å². The Morgan fingerprint density at radius 2 is 2.23 bits per heavy atom. The molecule has 4 heteroatoms. The van der Waals surface area contributed by atoms with Gasteiger partial charge in [0.05, 0.1) is 16.8 Å². The van der Waals surface area contributed by atoms with Crippen molar-refractivity contribution < 1.29 is 5.21 Å². The highest BCUT2D eigenvalue weighted by molar-refractivity contribution is 7.18. The molecular weight excluding hydrogens is 184 g/mol. The summed E-state index contributed by atoms with van der Waals surface area (Å²) in [7, 11) is 1.62. The first-order chi connectivity index (χ1) is 6.25. The van der Waals surface area contributed by atoms with Gasteiger partial charge in [0.2, 0.25) is 0 Å². The second kappa shape index (κ2) is 3.41. The average molecular weight is 194 g/mol. The molecule has 68 valence electrons. The summed E-state index contributed by atoms with van der Waals surface area (Å²) < 4.78 is 1.17. The number of rotatable bonds is 2. The quantitative estimate of drug-likeness (QED) is 0.744. The van der Waals surface area contributed by atoms with Gasteiger partial charge in [-0.15, -0.1) is 11.3 Å². The molecule has 0 aliphatic carbocycles. The average Bonchev–Trinajstić information content (AvgIpc) is 2.44. The normalized spacial score (nSPS) is 11.3. The van der Waals surface area contributed by atoms with Crippen molar-refractivity contribution in [1.82, 2.24) is 10.0 Å². The van der Waals surface area contributed by atoms with Crippen LogP contribution in [0.4, 0.5) is 0 Å². The molecule has 0 saturated carbocycles. The fourth-order valence-corrected chi connectivity index (χ4v) is 2.20. The van der Waals surface area contributed by atoms with E-state index in [1.165, 1.54) is 4.70 Å². The molecule has 0 aliphatic heterocycles. The van der Waals surface area contributed by atoms with Gasteiger partial charge in [0.15, 0.2) is 0 Å². The second-order valence-electron chi connectivity index (χ2n) is 2.89. The number of hydrogen-bond donors (Lipinski definition) is 1. The Kier molecular flexibility index (Phi) is 2.26. The van der Waals surface area contributed by atoms with Gasteiger partial charge in [0, 0.05) is 7.05 Å². The van der Waals surface area contributed by atoms with E-state index in [0.717, 1.165) is 15.6 Å². The van der Waals surface area contributed by atoms with Crippen LogP contribution in [0.15, 0.2) is 24.3 Å². The third-order valence-electron chi connectivity index (χ3n) is 1.70. The molecule has 1 aromatic heterocycles. The molecule has 1 aromatic carbocycles. The van der Waals surface area contributed by atoms with E-state index in [1.54, 1.807) is 18.4 Å². The summed E-state index contributed by atoms with van der Waals surface area (Å²) >= 11 is 1.61. The van der Waals surface area contributed by atoms with Gasteiger partial charge in [0.1, 0.15) is 5.01 Å². The summed E-state index contributed by atoms with van der Waals surface area (Å²) in [5, 5.41) is 11.1. The van der Waals surface area contributed by atoms with Crippen molar-refractivity contribution in [2.45, 2.75) is 6.54 Å². The molecule has 3 nitrogen and oxygen atoms in total. The largest absolute Gasteiger partial charge is 0.314 e. The number of hydroxylamine groups is 2. The van der Waals surface area contributed by atoms with E-state index in [9.17, 15) is 0 Å². The van der Waals surface area contributed by atoms with Crippen molar-refractivity contribution >= 4 is 21.6 Å². The standard InChI is InChI=1S/C9H10N2OS/c1-11(12)6-9-10-7-4-2-3-5-8(7)13-9/h2-5,12H,6H2,1H3. The third kappa shape index (κ3) is 1.85. The van der Waals surface area contributed by atoms with Crippen molar-refractivity contribution in [2.75, 3.05) is 7.05 Å². The number of thiazole rings is 1. The maximum Gasteiger partial charge on any atom is 0.110 e. The zero-order valence-corrected chi connectivity index (χ0v) is 8.08. The molecule has 0 bridgehead atoms. The van der Waals surface area contributed by atoms with Crippen LogP contribution < -0.4 is 0 Å². The third-order valence-corrected chi connectivity index (χ3v) is 2.72. The number of fused-ring (bicyclic) bond motifs is 1. The summed E-state index contributed by atoms with van der Waals surface area (Å²) in [6, 6.07) is 7.97. The van der Waals surface area contributed by atoms with Crippen LogP contribution in [0.25, 0.3) is 10.2 Å². The predicted molar refractivity (Wildman–Crippen MR) is 52.9 cm³/mol. The summed E-state index contributed by atoms with van der Waals surface area (Å²) in [5.41, 5.74) is 1.00. The van der Waals surface area contributed by atoms with Crippen LogP contribution >= 0.6 is 11.3 Å². The molecule has 1 N–H and O–H groups in total. The highest BCUT2D eigenvalue weighted by Gasteiger charge is 2.03. The summed E-state index contributed by atoms with van der Waals surface area (Å²) in [6.45, 7) is 0.485. The van der Waals surface area contributed by atoms with E-state index < -0.39 is 0 Å². The minimum absolute atomic E-state index is 0.485. The summed E-state index contributed by atoms with van der Waals surface area (Å²) in [6.07, 6.45) is 0. The summed E-state index contributed by atoms with van der Waals surface area (Å²) in [5.74, 6) is 0. The van der Waals surface area contributed by atoms with Crippen molar-refractivity contribution in [2.24, 2.45) is 0 Å². The maximum absolute atomic E-state index is 9.03. The zero-order valence-electron chi connectivity index (χ0n) is 7.27. The van der Waals surface area contributed by atoms with Gasteiger partial charge in [-0.05, 0) is 12.1 Å². The molecule has 0 atom stereocenters. The lowest BCUT2D eigenvalue weighted by molar-refractivity contribution is -0.0731. The van der Waals surface area contributed by atoms with E-state index >= 15 is 0 Å². The van der Waals surface area contributed by atoms with Gasteiger partial charge in [-0.1, -0.05) is 12.1 Å². The van der Waals surface area contributed by atoms with E-state index in [4.69, 9.17) is 5.21 Å². The van der Waals surface area contributed by atoms with Crippen molar-refractivity contribution in [3.63, 3.8) is 0 Å². The monoisotopic (exact) mass is 194 g/mol. The molecule has 0 aliphatic rings. The Morgan fingerprint density at radius 3 is 2.92 bits per heavy atom. The summed E-state index contributed by atoms with van der Waals surface area (Å²) in [4.78, 5) is 4.37. The molecule has 0 fully saturated rings. The van der Waals surface area contributed by atoms with Gasteiger partial charge in [-0.3, -0.25) is 0 Å². The van der Waals surface area contributed by atoms with Gasteiger partial charge in [0.25, 0.3) is 0 Å². The minimum Gasteiger partial charge on any atom is -0.314 e. The molecule has 1 heterocycles. The Balaban J connectivity index is 2.38. The maximum atomic E-state index is 9.03. The van der Waals surface area contributed by atoms with Crippen LogP contribution in [-0.2, 0) is 6.54 Å². The Labute approximate surface area is 80.2 Å². The van der Waals surface area contributed by atoms with Gasteiger partial charge in [-0.25, -0.2) is 4.98 Å². The van der Waals surface area contributed by atoms with Gasteiger partial charge >= 0.3 is 0 Å². The number of benzene rings is 1. The number of aromatic nitrogens is 1. The van der Waals surface area contributed by atoms with Gasteiger partial charge in [-0.2, -0.15) is 5.06 Å². The zero-order chi connectivity index (χ0) is 9.26. The molecule has 0 amide bonds. The van der Waals surface area contributed by atoms with Crippen LogP contribution in [0.3, 0.4) is 0 Å². The first-order valence-corrected chi connectivity index (χ1v) is 4.82. The SMILES string of the molecule is CN(O)Cc1nc2ccccc2s1. The fourth-order valence-electron chi connectivity index (χ4n) is 1.18. The van der Waals surface area contributed by atoms with Crippen molar-refractivity contribution in [3.05, 3.63) is 29.3 Å². The number of para-hydroxylation sites is 1. The van der Waals surface area contributed by atoms with Gasteiger partial charge < -0.3 is 5.21 Å². The molecule has 13 heavy (non-hydrogen) atoms. The fraction of sp³-hybridized carbons (Fsp3) is 0.222. The Hall–Kier alpha value is -0.970. The molecule has 0 saturated heterocycles. The van der Waals surface area contributed by atoms with E-state index in [0.29, 0.717) is 6.54 Å².